The maximum atomic E-state index is 5.90. The van der Waals surface area contributed by atoms with Crippen molar-refractivity contribution in [1.82, 2.24) is 19.7 Å². The van der Waals surface area contributed by atoms with Gasteiger partial charge in [0.2, 0.25) is 5.89 Å². The first-order valence-corrected chi connectivity index (χ1v) is 7.16. The Labute approximate surface area is 132 Å². The van der Waals surface area contributed by atoms with Gasteiger partial charge >= 0.3 is 0 Å². The number of benzene rings is 2. The second-order valence-corrected chi connectivity index (χ2v) is 5.17. The van der Waals surface area contributed by atoms with E-state index in [0.29, 0.717) is 5.89 Å². The van der Waals surface area contributed by atoms with E-state index < -0.39 is 0 Å². The van der Waals surface area contributed by atoms with E-state index in [1.165, 1.54) is 0 Å². The standard InChI is InChI=1S/C17H14N4O2/c1-11-13(4-3-5-15(11)21-9-18-19-10-21)17-20-14-8-12(22-2)6-7-16(14)23-17/h3-10H,1-2H3. The molecular weight excluding hydrogens is 292 g/mol. The Morgan fingerprint density at radius 1 is 1.09 bits per heavy atom. The van der Waals surface area contributed by atoms with Crippen LogP contribution in [0.5, 0.6) is 5.75 Å². The summed E-state index contributed by atoms with van der Waals surface area (Å²) in [6.45, 7) is 2.03. The molecule has 0 saturated heterocycles. The van der Waals surface area contributed by atoms with Gasteiger partial charge in [0, 0.05) is 11.6 Å². The van der Waals surface area contributed by atoms with Gasteiger partial charge in [0.25, 0.3) is 0 Å². The summed E-state index contributed by atoms with van der Waals surface area (Å²) >= 11 is 0. The molecule has 0 fully saturated rings. The van der Waals surface area contributed by atoms with Crippen molar-refractivity contribution in [3.8, 4) is 22.9 Å². The molecule has 0 N–H and O–H groups in total. The van der Waals surface area contributed by atoms with Gasteiger partial charge in [-0.05, 0) is 36.8 Å². The van der Waals surface area contributed by atoms with Gasteiger partial charge in [0.05, 0.1) is 12.8 Å². The van der Waals surface area contributed by atoms with E-state index in [0.717, 1.165) is 33.7 Å². The Bertz CT molecular complexity index is 974. The second kappa shape index (κ2) is 5.24. The number of methoxy groups -OCH3 is 1. The summed E-state index contributed by atoms with van der Waals surface area (Å²) < 4.78 is 13.0. The molecule has 0 atom stereocenters. The highest BCUT2D eigenvalue weighted by Crippen LogP contribution is 2.30. The summed E-state index contributed by atoms with van der Waals surface area (Å²) in [7, 11) is 1.63. The van der Waals surface area contributed by atoms with E-state index >= 15 is 0 Å². The Morgan fingerprint density at radius 2 is 1.91 bits per heavy atom. The molecule has 2 heterocycles. The highest BCUT2D eigenvalue weighted by atomic mass is 16.5. The number of fused-ring (bicyclic) bond motifs is 1. The van der Waals surface area contributed by atoms with Crippen LogP contribution < -0.4 is 4.74 Å². The van der Waals surface area contributed by atoms with Crippen LogP contribution in [0.15, 0.2) is 53.5 Å². The maximum Gasteiger partial charge on any atom is 0.227 e. The minimum Gasteiger partial charge on any atom is -0.497 e. The van der Waals surface area contributed by atoms with Crippen molar-refractivity contribution in [2.75, 3.05) is 7.11 Å². The average Bonchev–Trinajstić information content (AvgIpc) is 3.23. The van der Waals surface area contributed by atoms with Crippen molar-refractivity contribution in [2.45, 2.75) is 6.92 Å². The van der Waals surface area contributed by atoms with Crippen LogP contribution in [0.4, 0.5) is 0 Å². The summed E-state index contributed by atoms with van der Waals surface area (Å²) in [6.07, 6.45) is 3.34. The van der Waals surface area contributed by atoms with Crippen molar-refractivity contribution in [3.05, 3.63) is 54.6 Å². The summed E-state index contributed by atoms with van der Waals surface area (Å²) in [4.78, 5) is 4.59. The first kappa shape index (κ1) is 13.5. The van der Waals surface area contributed by atoms with E-state index in [9.17, 15) is 0 Å². The quantitative estimate of drug-likeness (QED) is 0.580. The van der Waals surface area contributed by atoms with Crippen LogP contribution in [0.2, 0.25) is 0 Å². The number of oxazole rings is 1. The Balaban J connectivity index is 1.86. The number of nitrogens with zero attached hydrogens (tertiary/aromatic N) is 4. The van der Waals surface area contributed by atoms with E-state index in [1.54, 1.807) is 19.8 Å². The van der Waals surface area contributed by atoms with Crippen LogP contribution in [0, 0.1) is 6.92 Å². The van der Waals surface area contributed by atoms with Crippen molar-refractivity contribution in [1.29, 1.82) is 0 Å². The van der Waals surface area contributed by atoms with Gasteiger partial charge < -0.3 is 9.15 Å². The molecule has 0 aliphatic rings. The number of ether oxygens (including phenoxy) is 1. The topological polar surface area (TPSA) is 66.0 Å². The minimum absolute atomic E-state index is 0.584. The van der Waals surface area contributed by atoms with Crippen molar-refractivity contribution < 1.29 is 9.15 Å². The number of rotatable bonds is 3. The van der Waals surface area contributed by atoms with Crippen LogP contribution in [0.25, 0.3) is 28.2 Å². The summed E-state index contributed by atoms with van der Waals surface area (Å²) in [6, 6.07) is 11.6. The monoisotopic (exact) mass is 306 g/mol. The molecule has 4 rings (SSSR count). The van der Waals surface area contributed by atoms with Gasteiger partial charge in [-0.3, -0.25) is 4.57 Å². The van der Waals surface area contributed by atoms with Gasteiger partial charge in [-0.15, -0.1) is 10.2 Å². The third-order valence-electron chi connectivity index (χ3n) is 3.83. The van der Waals surface area contributed by atoms with Crippen LogP contribution >= 0.6 is 0 Å². The van der Waals surface area contributed by atoms with Crippen molar-refractivity contribution >= 4 is 11.1 Å². The zero-order chi connectivity index (χ0) is 15.8. The highest BCUT2D eigenvalue weighted by molar-refractivity contribution is 5.78. The molecular formula is C17H14N4O2. The van der Waals surface area contributed by atoms with Crippen LogP contribution in [0.3, 0.4) is 0 Å². The number of hydrogen-bond acceptors (Lipinski definition) is 5. The number of hydrogen-bond donors (Lipinski definition) is 0. The largest absolute Gasteiger partial charge is 0.497 e. The summed E-state index contributed by atoms with van der Waals surface area (Å²) in [5, 5.41) is 7.71. The molecule has 0 radical (unpaired) electrons. The lowest BCUT2D eigenvalue weighted by molar-refractivity contribution is 0.415. The molecule has 6 nitrogen and oxygen atoms in total. The molecule has 0 unspecified atom stereocenters. The molecule has 0 aliphatic carbocycles. The summed E-state index contributed by atoms with van der Waals surface area (Å²) in [5.41, 5.74) is 4.48. The van der Waals surface area contributed by atoms with Crippen LogP contribution in [0.1, 0.15) is 5.56 Å². The predicted octanol–water partition coefficient (Wildman–Crippen LogP) is 3.39. The van der Waals surface area contributed by atoms with Crippen molar-refractivity contribution in [3.63, 3.8) is 0 Å². The van der Waals surface area contributed by atoms with Gasteiger partial charge in [-0.1, -0.05) is 6.07 Å². The summed E-state index contributed by atoms with van der Waals surface area (Å²) in [5.74, 6) is 1.34. The molecule has 0 aliphatic heterocycles. The number of aromatic nitrogens is 4. The smallest absolute Gasteiger partial charge is 0.227 e. The predicted molar refractivity (Wildman–Crippen MR) is 85.7 cm³/mol. The maximum absolute atomic E-state index is 5.90. The molecule has 4 aromatic rings. The van der Waals surface area contributed by atoms with Crippen LogP contribution in [-0.2, 0) is 0 Å². The molecule has 2 aromatic carbocycles. The highest BCUT2D eigenvalue weighted by Gasteiger charge is 2.14. The molecule has 2 aromatic heterocycles. The van der Waals surface area contributed by atoms with Crippen molar-refractivity contribution in [2.24, 2.45) is 0 Å². The minimum atomic E-state index is 0.584. The first-order valence-electron chi connectivity index (χ1n) is 7.16. The lowest BCUT2D eigenvalue weighted by Crippen LogP contribution is -1.96. The third-order valence-corrected chi connectivity index (χ3v) is 3.83. The van der Waals surface area contributed by atoms with Crippen LogP contribution in [-0.4, -0.2) is 26.9 Å². The zero-order valence-electron chi connectivity index (χ0n) is 12.7. The average molecular weight is 306 g/mol. The Morgan fingerprint density at radius 3 is 2.70 bits per heavy atom. The van der Waals surface area contributed by atoms with Gasteiger partial charge in [-0.25, -0.2) is 4.98 Å². The second-order valence-electron chi connectivity index (χ2n) is 5.17. The normalized spacial score (nSPS) is 11.0. The molecule has 0 bridgehead atoms. The van der Waals surface area contributed by atoms with Gasteiger partial charge in [-0.2, -0.15) is 0 Å². The molecule has 23 heavy (non-hydrogen) atoms. The molecule has 0 saturated carbocycles. The lowest BCUT2D eigenvalue weighted by Gasteiger charge is -2.08. The molecule has 0 amide bonds. The van der Waals surface area contributed by atoms with Gasteiger partial charge in [0.1, 0.15) is 23.9 Å². The fourth-order valence-electron chi connectivity index (χ4n) is 2.61. The third kappa shape index (κ3) is 2.24. The van der Waals surface area contributed by atoms with E-state index in [4.69, 9.17) is 9.15 Å². The first-order chi connectivity index (χ1) is 11.3. The SMILES string of the molecule is COc1ccc2oc(-c3cccc(-n4cnnc4)c3C)nc2c1. The van der Waals surface area contributed by atoms with E-state index in [-0.39, 0.29) is 0 Å². The van der Waals surface area contributed by atoms with E-state index in [1.807, 2.05) is 47.9 Å². The fourth-order valence-corrected chi connectivity index (χ4v) is 2.61. The molecule has 0 spiro atoms. The Hall–Kier alpha value is -3.15. The lowest BCUT2D eigenvalue weighted by atomic mass is 10.1. The fraction of sp³-hybridized carbons (Fsp3) is 0.118. The Kier molecular flexibility index (Phi) is 3.08. The van der Waals surface area contributed by atoms with Gasteiger partial charge in [0.15, 0.2) is 5.58 Å². The zero-order valence-corrected chi connectivity index (χ0v) is 12.7. The molecule has 6 heteroatoms. The molecule has 114 valence electrons. The van der Waals surface area contributed by atoms with E-state index in [2.05, 4.69) is 15.2 Å².